The van der Waals surface area contributed by atoms with E-state index in [9.17, 15) is 0 Å². The Morgan fingerprint density at radius 3 is 2.82 bits per heavy atom. The highest BCUT2D eigenvalue weighted by molar-refractivity contribution is 5.59. The molecule has 0 saturated carbocycles. The lowest BCUT2D eigenvalue weighted by Crippen LogP contribution is -2.51. The van der Waals surface area contributed by atoms with Gasteiger partial charge in [0.2, 0.25) is 6.23 Å². The lowest BCUT2D eigenvalue weighted by atomic mass is 10.1. The summed E-state index contributed by atoms with van der Waals surface area (Å²) in [5, 5.41) is 0. The number of aliphatic imine (C=N–C) groups is 2. The van der Waals surface area contributed by atoms with Crippen molar-refractivity contribution < 1.29 is 4.74 Å². The summed E-state index contributed by atoms with van der Waals surface area (Å²) in [7, 11) is 0. The summed E-state index contributed by atoms with van der Waals surface area (Å²) >= 11 is 0. The number of rotatable bonds is 2. The van der Waals surface area contributed by atoms with Gasteiger partial charge in [0.15, 0.2) is 12.6 Å². The number of likely N-dealkylation sites (tertiary alicyclic amines) is 1. The van der Waals surface area contributed by atoms with Gasteiger partial charge in [0.1, 0.15) is 0 Å². The van der Waals surface area contributed by atoms with Crippen molar-refractivity contribution >= 4 is 12.7 Å². The maximum absolute atomic E-state index is 5.63. The molecule has 0 aromatic heterocycles. The van der Waals surface area contributed by atoms with Crippen molar-refractivity contribution in [1.82, 2.24) is 9.80 Å². The monoisotopic (exact) mass is 234 g/mol. The first-order valence-corrected chi connectivity index (χ1v) is 6.30. The molecule has 3 heterocycles. The third-order valence-corrected chi connectivity index (χ3v) is 3.48. The van der Waals surface area contributed by atoms with Crippen LogP contribution in [-0.2, 0) is 4.74 Å². The first-order chi connectivity index (χ1) is 8.45. The fraction of sp³-hybridized carbons (Fsp3) is 0.667. The van der Waals surface area contributed by atoms with Crippen molar-refractivity contribution in [2.45, 2.75) is 31.7 Å². The van der Waals surface area contributed by atoms with Gasteiger partial charge in [-0.3, -0.25) is 4.90 Å². The van der Waals surface area contributed by atoms with Crippen LogP contribution in [0.1, 0.15) is 19.3 Å². The van der Waals surface area contributed by atoms with E-state index in [0.29, 0.717) is 0 Å². The molecule has 3 rings (SSSR count). The quantitative estimate of drug-likeness (QED) is 0.717. The molecule has 5 heteroatoms. The molecular weight excluding hydrogens is 216 g/mol. The molecular formula is C12H18N4O. The highest BCUT2D eigenvalue weighted by Gasteiger charge is 2.35. The van der Waals surface area contributed by atoms with Crippen molar-refractivity contribution in [3.05, 3.63) is 12.3 Å². The summed E-state index contributed by atoms with van der Waals surface area (Å²) in [5.41, 5.74) is 0. The lowest BCUT2D eigenvalue weighted by molar-refractivity contribution is 0.0114. The van der Waals surface area contributed by atoms with Crippen LogP contribution in [0.3, 0.4) is 0 Å². The van der Waals surface area contributed by atoms with Gasteiger partial charge in [-0.05, 0) is 18.9 Å². The summed E-state index contributed by atoms with van der Waals surface area (Å²) < 4.78 is 5.63. The van der Waals surface area contributed by atoms with Crippen LogP contribution in [-0.4, -0.2) is 54.6 Å². The number of hydrogen-bond acceptors (Lipinski definition) is 5. The first-order valence-electron chi connectivity index (χ1n) is 6.30. The minimum atomic E-state index is -0.0122. The van der Waals surface area contributed by atoms with E-state index >= 15 is 0 Å². The van der Waals surface area contributed by atoms with E-state index in [2.05, 4.69) is 19.8 Å². The van der Waals surface area contributed by atoms with Crippen LogP contribution in [0, 0.1) is 0 Å². The van der Waals surface area contributed by atoms with E-state index in [-0.39, 0.29) is 12.4 Å². The van der Waals surface area contributed by atoms with Crippen molar-refractivity contribution in [2.24, 2.45) is 9.98 Å². The minimum Gasteiger partial charge on any atom is -0.457 e. The van der Waals surface area contributed by atoms with Crippen molar-refractivity contribution in [3.8, 4) is 0 Å². The normalized spacial score (nSPS) is 33.1. The number of ether oxygens (including phenoxy) is 1. The van der Waals surface area contributed by atoms with E-state index in [1.54, 1.807) is 6.40 Å². The molecule has 0 aromatic rings. The van der Waals surface area contributed by atoms with Crippen LogP contribution in [0.4, 0.5) is 0 Å². The zero-order valence-corrected chi connectivity index (χ0v) is 9.90. The van der Waals surface area contributed by atoms with Crippen molar-refractivity contribution in [2.75, 3.05) is 19.6 Å². The van der Waals surface area contributed by atoms with Crippen molar-refractivity contribution in [1.29, 1.82) is 0 Å². The van der Waals surface area contributed by atoms with E-state index in [4.69, 9.17) is 4.74 Å². The summed E-state index contributed by atoms with van der Waals surface area (Å²) in [4.78, 5) is 13.1. The second kappa shape index (κ2) is 4.87. The van der Waals surface area contributed by atoms with Crippen LogP contribution in [0.2, 0.25) is 0 Å². The minimum absolute atomic E-state index is 0.0122. The molecule has 0 radical (unpaired) electrons. The first kappa shape index (κ1) is 10.8. The van der Waals surface area contributed by atoms with Gasteiger partial charge in [0.25, 0.3) is 0 Å². The fourth-order valence-corrected chi connectivity index (χ4v) is 2.58. The average Bonchev–Trinajstić information content (AvgIpc) is 2.90. The molecule has 0 aliphatic carbocycles. The number of nitrogens with zero attached hydrogens (tertiary/aromatic N) is 4. The Hall–Kier alpha value is -1.36. The van der Waals surface area contributed by atoms with Gasteiger partial charge in [-0.1, -0.05) is 6.42 Å². The van der Waals surface area contributed by atoms with Crippen molar-refractivity contribution in [3.63, 3.8) is 0 Å². The molecule has 1 fully saturated rings. The number of piperidine rings is 1. The Morgan fingerprint density at radius 2 is 2.06 bits per heavy atom. The molecule has 0 N–H and O–H groups in total. The van der Waals surface area contributed by atoms with E-state index in [1.165, 1.54) is 19.3 Å². The van der Waals surface area contributed by atoms with Gasteiger partial charge < -0.3 is 9.64 Å². The highest BCUT2D eigenvalue weighted by atomic mass is 16.5. The molecule has 0 unspecified atom stereocenters. The summed E-state index contributed by atoms with van der Waals surface area (Å²) in [6.45, 7) is 3.10. The number of hydrogen-bond donors (Lipinski definition) is 0. The van der Waals surface area contributed by atoms with Gasteiger partial charge in [0, 0.05) is 25.8 Å². The molecule has 92 valence electrons. The summed E-state index contributed by atoms with van der Waals surface area (Å²) in [6.07, 6.45) is 11.3. The molecule has 3 aliphatic rings. The molecule has 17 heavy (non-hydrogen) atoms. The average molecular weight is 234 g/mol. The maximum atomic E-state index is 5.63. The SMILES string of the molecule is C1=CN=CN([C@H]2OC=N[C@@H]2N2CCCCC2)C1. The Bertz CT molecular complexity index is 346. The Morgan fingerprint density at radius 1 is 1.18 bits per heavy atom. The smallest absolute Gasteiger partial charge is 0.210 e. The predicted molar refractivity (Wildman–Crippen MR) is 66.9 cm³/mol. The van der Waals surface area contributed by atoms with Gasteiger partial charge in [-0.15, -0.1) is 0 Å². The zero-order chi connectivity index (χ0) is 11.5. The second-order valence-electron chi connectivity index (χ2n) is 4.64. The predicted octanol–water partition coefficient (Wildman–Crippen LogP) is 1.04. The highest BCUT2D eigenvalue weighted by Crippen LogP contribution is 2.22. The van der Waals surface area contributed by atoms with Gasteiger partial charge in [-0.2, -0.15) is 0 Å². The summed E-state index contributed by atoms with van der Waals surface area (Å²) in [5.74, 6) is 0. The van der Waals surface area contributed by atoms with Crippen LogP contribution >= 0.6 is 0 Å². The third kappa shape index (κ3) is 2.20. The van der Waals surface area contributed by atoms with E-state index in [0.717, 1.165) is 19.6 Å². The maximum Gasteiger partial charge on any atom is 0.210 e. The summed E-state index contributed by atoms with van der Waals surface area (Å²) in [6, 6.07) is 0. The van der Waals surface area contributed by atoms with Gasteiger partial charge >= 0.3 is 0 Å². The standard InChI is InChI=1S/C12H18N4O/c1-2-6-15(7-3-1)11-12(17-10-14-11)16-8-4-5-13-9-16/h4-5,9-12H,1-3,6-8H2/t11-,12+/m1/s1. The van der Waals surface area contributed by atoms with E-state index in [1.807, 2.05) is 18.6 Å². The Balaban J connectivity index is 1.67. The molecule has 0 amide bonds. The Kier molecular flexibility index (Phi) is 3.09. The second-order valence-corrected chi connectivity index (χ2v) is 4.64. The van der Waals surface area contributed by atoms with Gasteiger partial charge in [0.05, 0.1) is 6.34 Å². The van der Waals surface area contributed by atoms with Crippen LogP contribution in [0.5, 0.6) is 0 Å². The molecule has 1 saturated heterocycles. The van der Waals surface area contributed by atoms with Crippen LogP contribution < -0.4 is 0 Å². The molecule has 2 atom stereocenters. The zero-order valence-electron chi connectivity index (χ0n) is 9.90. The largest absolute Gasteiger partial charge is 0.457 e. The molecule has 5 nitrogen and oxygen atoms in total. The topological polar surface area (TPSA) is 40.4 Å². The molecule has 3 aliphatic heterocycles. The third-order valence-electron chi connectivity index (χ3n) is 3.48. The lowest BCUT2D eigenvalue weighted by Gasteiger charge is -2.36. The molecule has 0 aromatic carbocycles. The van der Waals surface area contributed by atoms with Crippen LogP contribution in [0.25, 0.3) is 0 Å². The Labute approximate surface area is 101 Å². The molecule has 0 spiro atoms. The van der Waals surface area contributed by atoms with Crippen LogP contribution in [0.15, 0.2) is 22.3 Å². The van der Waals surface area contributed by atoms with Gasteiger partial charge in [-0.25, -0.2) is 9.98 Å². The fourth-order valence-electron chi connectivity index (χ4n) is 2.58. The molecule has 0 bridgehead atoms. The van der Waals surface area contributed by atoms with E-state index < -0.39 is 0 Å².